The molecule has 7 nitrogen and oxygen atoms in total. The minimum Gasteiger partial charge on any atom is -0.497 e. The highest BCUT2D eigenvalue weighted by Crippen LogP contribution is 2.25. The highest BCUT2D eigenvalue weighted by Gasteiger charge is 2.17. The van der Waals surface area contributed by atoms with Gasteiger partial charge in [-0.05, 0) is 43.2 Å². The average Bonchev–Trinajstić information content (AvgIpc) is 2.75. The Labute approximate surface area is 199 Å². The topological polar surface area (TPSA) is 98.0 Å². The monoisotopic (exact) mass is 544 g/mol. The van der Waals surface area contributed by atoms with Gasteiger partial charge in [0.2, 0.25) is 5.91 Å². The number of primary amides is 1. The Kier molecular flexibility index (Phi) is 11.7. The minimum atomic E-state index is -0.463. The van der Waals surface area contributed by atoms with Crippen LogP contribution >= 0.6 is 24.0 Å². The van der Waals surface area contributed by atoms with E-state index in [1.54, 1.807) is 32.4 Å². The summed E-state index contributed by atoms with van der Waals surface area (Å²) in [7, 11) is 3.19. The van der Waals surface area contributed by atoms with Crippen LogP contribution in [0.1, 0.15) is 18.1 Å². The van der Waals surface area contributed by atoms with Crippen LogP contribution in [0.4, 0.5) is 4.39 Å². The van der Waals surface area contributed by atoms with Crippen LogP contribution < -0.4 is 25.8 Å². The predicted molar refractivity (Wildman–Crippen MR) is 131 cm³/mol. The molecule has 31 heavy (non-hydrogen) atoms. The zero-order valence-corrected chi connectivity index (χ0v) is 20.3. The molecule has 2 rings (SSSR count). The lowest BCUT2D eigenvalue weighted by atomic mass is 9.98. The smallest absolute Gasteiger partial charge is 0.222 e. The molecule has 0 saturated heterocycles. The van der Waals surface area contributed by atoms with E-state index in [4.69, 9.17) is 15.2 Å². The van der Waals surface area contributed by atoms with Gasteiger partial charge in [-0.25, -0.2) is 9.38 Å². The van der Waals surface area contributed by atoms with Crippen LogP contribution in [0, 0.1) is 11.7 Å². The van der Waals surface area contributed by atoms with Crippen LogP contribution in [-0.4, -0.2) is 39.2 Å². The molecule has 2 aromatic rings. The fraction of sp³-hybridized carbons (Fsp3) is 0.364. The van der Waals surface area contributed by atoms with E-state index in [2.05, 4.69) is 15.6 Å². The first kappa shape index (κ1) is 26.5. The van der Waals surface area contributed by atoms with E-state index in [9.17, 15) is 9.18 Å². The van der Waals surface area contributed by atoms with Crippen molar-refractivity contribution in [2.75, 3.05) is 27.3 Å². The summed E-state index contributed by atoms with van der Waals surface area (Å²) in [6.45, 7) is 3.29. The van der Waals surface area contributed by atoms with Crippen LogP contribution in [0.2, 0.25) is 0 Å². The van der Waals surface area contributed by atoms with Crippen LogP contribution in [-0.2, 0) is 17.8 Å². The third-order valence-electron chi connectivity index (χ3n) is 4.56. The van der Waals surface area contributed by atoms with E-state index >= 15 is 0 Å². The normalized spacial score (nSPS) is 11.8. The first-order valence-electron chi connectivity index (χ1n) is 9.73. The van der Waals surface area contributed by atoms with Crippen LogP contribution in [0.3, 0.4) is 0 Å². The number of benzene rings is 2. The maximum atomic E-state index is 13.1. The van der Waals surface area contributed by atoms with Crippen molar-refractivity contribution in [3.63, 3.8) is 0 Å². The van der Waals surface area contributed by atoms with Crippen molar-refractivity contribution in [2.24, 2.45) is 16.6 Å². The lowest BCUT2D eigenvalue weighted by Crippen LogP contribution is -2.43. The van der Waals surface area contributed by atoms with E-state index < -0.39 is 11.8 Å². The molecule has 1 unspecified atom stereocenters. The molecular formula is C22H30FIN4O3. The van der Waals surface area contributed by atoms with Gasteiger partial charge in [-0.3, -0.25) is 4.79 Å². The number of carbonyl (C=O) groups is 1. The third-order valence-corrected chi connectivity index (χ3v) is 4.56. The van der Waals surface area contributed by atoms with Crippen molar-refractivity contribution in [1.82, 2.24) is 10.6 Å². The van der Waals surface area contributed by atoms with Crippen LogP contribution in [0.15, 0.2) is 47.5 Å². The summed E-state index contributed by atoms with van der Waals surface area (Å²) in [6, 6.07) is 11.6. The van der Waals surface area contributed by atoms with Gasteiger partial charge >= 0.3 is 0 Å². The van der Waals surface area contributed by atoms with E-state index in [0.29, 0.717) is 43.5 Å². The number of guanidine groups is 1. The molecule has 2 aromatic carbocycles. The minimum absolute atomic E-state index is 0. The number of hydrogen-bond donors (Lipinski definition) is 3. The van der Waals surface area contributed by atoms with E-state index in [1.807, 2.05) is 19.1 Å². The number of nitrogens with zero attached hydrogens (tertiary/aromatic N) is 1. The molecule has 0 bridgehead atoms. The fourth-order valence-electron chi connectivity index (χ4n) is 2.89. The number of methoxy groups -OCH3 is 2. The van der Waals surface area contributed by atoms with Crippen molar-refractivity contribution in [1.29, 1.82) is 0 Å². The Morgan fingerprint density at radius 1 is 1.13 bits per heavy atom. The molecule has 0 spiro atoms. The summed E-state index contributed by atoms with van der Waals surface area (Å²) in [5.74, 6) is 0.730. The third kappa shape index (κ3) is 8.60. The average molecular weight is 544 g/mol. The Morgan fingerprint density at radius 2 is 1.84 bits per heavy atom. The number of carbonyl (C=O) groups excluding carboxylic acids is 1. The molecule has 0 aliphatic carbocycles. The zero-order chi connectivity index (χ0) is 21.9. The Balaban J connectivity index is 0.00000480. The highest BCUT2D eigenvalue weighted by atomic mass is 127. The number of amides is 1. The van der Waals surface area contributed by atoms with E-state index in [1.165, 1.54) is 12.1 Å². The lowest BCUT2D eigenvalue weighted by Gasteiger charge is -2.17. The number of nitrogens with two attached hydrogens (primary N) is 1. The van der Waals surface area contributed by atoms with Crippen LogP contribution in [0.25, 0.3) is 0 Å². The molecule has 0 radical (unpaired) electrons. The maximum Gasteiger partial charge on any atom is 0.222 e. The highest BCUT2D eigenvalue weighted by molar-refractivity contribution is 14.0. The standard InChI is InChI=1S/C22H29FN4O3.HI/c1-4-25-22(26-13-16-7-10-19(29-2)12-20(16)30-3)27-14-17(21(24)28)11-15-5-8-18(23)9-6-15;/h5-10,12,17H,4,11,13-14H2,1-3H3,(H2,24,28)(H2,25,26,27);1H. The fourth-order valence-corrected chi connectivity index (χ4v) is 2.89. The van der Waals surface area contributed by atoms with Crippen molar-refractivity contribution < 1.29 is 18.7 Å². The molecule has 0 saturated carbocycles. The molecule has 0 aliphatic rings. The molecule has 1 atom stereocenters. The molecule has 1 amide bonds. The summed E-state index contributed by atoms with van der Waals surface area (Å²) < 4.78 is 23.7. The summed E-state index contributed by atoms with van der Waals surface area (Å²) in [5, 5.41) is 6.31. The Bertz CT molecular complexity index is 862. The van der Waals surface area contributed by atoms with Gasteiger partial charge in [0, 0.05) is 24.7 Å². The largest absolute Gasteiger partial charge is 0.497 e. The number of rotatable bonds is 10. The first-order chi connectivity index (χ1) is 14.5. The zero-order valence-electron chi connectivity index (χ0n) is 18.0. The first-order valence-corrected chi connectivity index (χ1v) is 9.73. The second-order valence-electron chi connectivity index (χ2n) is 6.68. The van der Waals surface area contributed by atoms with Crippen molar-refractivity contribution in [3.8, 4) is 11.5 Å². The van der Waals surface area contributed by atoms with Crippen molar-refractivity contribution in [3.05, 3.63) is 59.4 Å². The number of ether oxygens (including phenoxy) is 2. The van der Waals surface area contributed by atoms with Gasteiger partial charge in [0.05, 0.1) is 26.7 Å². The Hall–Kier alpha value is -2.56. The lowest BCUT2D eigenvalue weighted by molar-refractivity contribution is -0.121. The number of hydrogen-bond acceptors (Lipinski definition) is 4. The predicted octanol–water partition coefficient (Wildman–Crippen LogP) is 2.86. The number of aliphatic imine (C=N–C) groups is 1. The van der Waals surface area contributed by atoms with Gasteiger partial charge in [0.25, 0.3) is 0 Å². The van der Waals surface area contributed by atoms with Gasteiger partial charge in [0.15, 0.2) is 5.96 Å². The summed E-state index contributed by atoms with van der Waals surface area (Å²) >= 11 is 0. The molecule has 0 aromatic heterocycles. The second-order valence-corrected chi connectivity index (χ2v) is 6.68. The Morgan fingerprint density at radius 3 is 2.42 bits per heavy atom. The molecule has 0 fully saturated rings. The second kappa shape index (κ2) is 13.7. The molecule has 4 N–H and O–H groups in total. The van der Waals surface area contributed by atoms with Gasteiger partial charge in [-0.1, -0.05) is 12.1 Å². The van der Waals surface area contributed by atoms with Gasteiger partial charge in [0.1, 0.15) is 17.3 Å². The van der Waals surface area contributed by atoms with Gasteiger partial charge in [-0.2, -0.15) is 0 Å². The maximum absolute atomic E-state index is 13.1. The molecular weight excluding hydrogens is 514 g/mol. The number of nitrogens with one attached hydrogen (secondary N) is 2. The van der Waals surface area contributed by atoms with E-state index in [0.717, 1.165) is 11.1 Å². The van der Waals surface area contributed by atoms with Crippen LogP contribution in [0.5, 0.6) is 11.5 Å². The molecule has 0 aliphatic heterocycles. The summed E-state index contributed by atoms with van der Waals surface area (Å²) in [4.78, 5) is 16.5. The quantitative estimate of drug-likeness (QED) is 0.243. The van der Waals surface area contributed by atoms with Crippen molar-refractivity contribution >= 4 is 35.8 Å². The summed E-state index contributed by atoms with van der Waals surface area (Å²) in [5.41, 5.74) is 7.30. The SMILES string of the molecule is CCNC(=NCc1ccc(OC)cc1OC)NCC(Cc1ccc(F)cc1)C(N)=O.I. The molecule has 170 valence electrons. The van der Waals surface area contributed by atoms with Gasteiger partial charge < -0.3 is 25.8 Å². The molecule has 0 heterocycles. The number of halogens is 2. The van der Waals surface area contributed by atoms with Gasteiger partial charge in [-0.15, -0.1) is 24.0 Å². The van der Waals surface area contributed by atoms with Crippen molar-refractivity contribution in [2.45, 2.75) is 19.9 Å². The summed E-state index contributed by atoms with van der Waals surface area (Å²) in [6.07, 6.45) is 0.411. The molecule has 9 heteroatoms. The van der Waals surface area contributed by atoms with E-state index in [-0.39, 0.29) is 29.8 Å².